The van der Waals surface area contributed by atoms with Gasteiger partial charge in [-0.15, -0.1) is 0 Å². The number of benzene rings is 1. The van der Waals surface area contributed by atoms with E-state index < -0.39 is 12.3 Å². The van der Waals surface area contributed by atoms with Gasteiger partial charge in [0.25, 0.3) is 11.8 Å². The predicted octanol–water partition coefficient (Wildman–Crippen LogP) is 1.95. The maximum atomic E-state index is 12.1. The Morgan fingerprint density at radius 1 is 1.33 bits per heavy atom. The lowest BCUT2D eigenvalue weighted by Gasteiger charge is -2.09. The van der Waals surface area contributed by atoms with Crippen molar-refractivity contribution in [1.29, 1.82) is 0 Å². The van der Waals surface area contributed by atoms with Gasteiger partial charge in [-0.2, -0.15) is 8.78 Å². The number of nitrogens with one attached hydrogen (secondary N) is 2. The number of hydrogen-bond acceptors (Lipinski definition) is 2. The van der Waals surface area contributed by atoms with Gasteiger partial charge in [0, 0.05) is 17.8 Å². The fraction of sp³-hybridized carbons (Fsp3) is 0.333. The summed E-state index contributed by atoms with van der Waals surface area (Å²) >= 11 is 0. The van der Waals surface area contributed by atoms with Crippen LogP contribution in [-0.4, -0.2) is 24.8 Å². The molecule has 0 aliphatic rings. The summed E-state index contributed by atoms with van der Waals surface area (Å²) in [6, 6.07) is 4.44. The topological polar surface area (TPSA) is 58.2 Å². The zero-order valence-electron chi connectivity index (χ0n) is 10.1. The third kappa shape index (κ3) is 3.51. The van der Waals surface area contributed by atoms with Gasteiger partial charge in [-0.25, -0.2) is 0 Å². The van der Waals surface area contributed by atoms with Crippen LogP contribution in [0.1, 0.15) is 22.8 Å². The summed E-state index contributed by atoms with van der Waals surface area (Å²) in [4.78, 5) is 22.4. The van der Waals surface area contributed by atoms with Crippen LogP contribution in [0.2, 0.25) is 0 Å². The lowest BCUT2D eigenvalue weighted by Crippen LogP contribution is -2.23. The maximum Gasteiger partial charge on any atom is 0.315 e. The van der Waals surface area contributed by atoms with E-state index in [1.165, 1.54) is 18.2 Å². The van der Waals surface area contributed by atoms with E-state index in [1.54, 1.807) is 13.8 Å². The minimum atomic E-state index is -3.06. The number of anilines is 1. The fourth-order valence-electron chi connectivity index (χ4n) is 1.40. The Bertz CT molecular complexity index is 461. The summed E-state index contributed by atoms with van der Waals surface area (Å²) in [5, 5.41) is 4.71. The number of carbonyl (C=O) groups excluding carboxylic acids is 2. The van der Waals surface area contributed by atoms with Crippen LogP contribution in [0.3, 0.4) is 0 Å². The number of amides is 2. The molecule has 0 saturated heterocycles. The van der Waals surface area contributed by atoms with Gasteiger partial charge in [-0.1, -0.05) is 0 Å². The molecule has 0 atom stereocenters. The molecule has 0 heterocycles. The summed E-state index contributed by atoms with van der Waals surface area (Å²) in [5.74, 6) is -1.60. The Balaban J connectivity index is 2.86. The molecule has 4 nitrogen and oxygen atoms in total. The van der Waals surface area contributed by atoms with Crippen LogP contribution in [0.25, 0.3) is 0 Å². The molecule has 1 aromatic carbocycles. The van der Waals surface area contributed by atoms with Crippen LogP contribution < -0.4 is 10.6 Å². The number of hydrogen-bond donors (Lipinski definition) is 2. The van der Waals surface area contributed by atoms with E-state index in [2.05, 4.69) is 10.6 Å². The molecule has 2 N–H and O–H groups in total. The minimum absolute atomic E-state index is 0.243. The highest BCUT2D eigenvalue weighted by atomic mass is 19.3. The van der Waals surface area contributed by atoms with Gasteiger partial charge in [-0.3, -0.25) is 9.59 Å². The summed E-state index contributed by atoms with van der Waals surface area (Å²) in [6.45, 7) is 3.92. The normalized spacial score (nSPS) is 10.3. The zero-order valence-corrected chi connectivity index (χ0v) is 10.1. The highest BCUT2D eigenvalue weighted by molar-refractivity contribution is 5.97. The third-order valence-corrected chi connectivity index (χ3v) is 2.28. The number of halogens is 2. The lowest BCUT2D eigenvalue weighted by atomic mass is 10.1. The molecule has 1 rings (SSSR count). The molecule has 0 spiro atoms. The van der Waals surface area contributed by atoms with Gasteiger partial charge in [0.1, 0.15) is 0 Å². The molecule has 0 saturated carbocycles. The molecule has 18 heavy (non-hydrogen) atoms. The Kier molecular flexibility index (Phi) is 4.76. The van der Waals surface area contributed by atoms with E-state index in [4.69, 9.17) is 0 Å². The number of aryl methyl sites for hydroxylation is 1. The van der Waals surface area contributed by atoms with Crippen LogP contribution in [0.15, 0.2) is 18.2 Å². The quantitative estimate of drug-likeness (QED) is 0.865. The summed E-state index contributed by atoms with van der Waals surface area (Å²) in [6.07, 6.45) is -3.06. The standard InChI is InChI=1S/C12H14F2N2O2/c1-3-15-11(17)8-4-5-9(7(2)6-8)16-12(18)10(13)14/h4-6,10H,3H2,1-2H3,(H,15,17)(H,16,18). The van der Waals surface area contributed by atoms with Crippen molar-refractivity contribution >= 4 is 17.5 Å². The Morgan fingerprint density at radius 3 is 2.50 bits per heavy atom. The van der Waals surface area contributed by atoms with E-state index in [1.807, 2.05) is 0 Å². The molecule has 0 bridgehead atoms. The van der Waals surface area contributed by atoms with Crippen molar-refractivity contribution in [2.75, 3.05) is 11.9 Å². The summed E-state index contributed by atoms with van der Waals surface area (Å²) < 4.78 is 24.2. The van der Waals surface area contributed by atoms with Gasteiger partial charge in [0.05, 0.1) is 0 Å². The van der Waals surface area contributed by atoms with Crippen molar-refractivity contribution < 1.29 is 18.4 Å². The van der Waals surface area contributed by atoms with Gasteiger partial charge in [-0.05, 0) is 37.6 Å². The fourth-order valence-corrected chi connectivity index (χ4v) is 1.40. The van der Waals surface area contributed by atoms with E-state index in [9.17, 15) is 18.4 Å². The molecule has 0 fully saturated rings. The highest BCUT2D eigenvalue weighted by Gasteiger charge is 2.16. The van der Waals surface area contributed by atoms with Crippen molar-refractivity contribution in [1.82, 2.24) is 5.32 Å². The second-order valence-corrected chi connectivity index (χ2v) is 3.68. The first-order valence-electron chi connectivity index (χ1n) is 5.43. The van der Waals surface area contributed by atoms with E-state index in [0.29, 0.717) is 17.7 Å². The van der Waals surface area contributed by atoms with Gasteiger partial charge in [0.2, 0.25) is 0 Å². The van der Waals surface area contributed by atoms with Crippen LogP contribution in [0, 0.1) is 6.92 Å². The van der Waals surface area contributed by atoms with Crippen molar-refractivity contribution in [3.8, 4) is 0 Å². The largest absolute Gasteiger partial charge is 0.352 e. The number of alkyl halides is 2. The smallest absolute Gasteiger partial charge is 0.315 e. The predicted molar refractivity (Wildman–Crippen MR) is 63.8 cm³/mol. The van der Waals surface area contributed by atoms with Crippen LogP contribution in [0.5, 0.6) is 0 Å². The maximum absolute atomic E-state index is 12.1. The van der Waals surface area contributed by atoms with Crippen molar-refractivity contribution in [2.45, 2.75) is 20.3 Å². The Hall–Kier alpha value is -1.98. The van der Waals surface area contributed by atoms with Gasteiger partial charge < -0.3 is 10.6 Å². The van der Waals surface area contributed by atoms with Crippen LogP contribution in [0.4, 0.5) is 14.5 Å². The molecule has 98 valence electrons. The molecule has 0 aromatic heterocycles. The van der Waals surface area contributed by atoms with E-state index >= 15 is 0 Å². The van der Waals surface area contributed by atoms with Crippen molar-refractivity contribution in [2.24, 2.45) is 0 Å². The molecule has 2 amide bonds. The average Bonchev–Trinajstić information content (AvgIpc) is 2.31. The van der Waals surface area contributed by atoms with Crippen LogP contribution in [-0.2, 0) is 4.79 Å². The first kappa shape index (κ1) is 14.1. The number of rotatable bonds is 4. The zero-order chi connectivity index (χ0) is 13.7. The molecule has 0 unspecified atom stereocenters. The molecular formula is C12H14F2N2O2. The monoisotopic (exact) mass is 256 g/mol. The van der Waals surface area contributed by atoms with Gasteiger partial charge >= 0.3 is 6.43 Å². The van der Waals surface area contributed by atoms with Crippen LogP contribution >= 0.6 is 0 Å². The molecule has 6 heteroatoms. The molecule has 0 aliphatic heterocycles. The third-order valence-electron chi connectivity index (χ3n) is 2.28. The lowest BCUT2D eigenvalue weighted by molar-refractivity contribution is -0.126. The van der Waals surface area contributed by atoms with E-state index in [-0.39, 0.29) is 11.6 Å². The Morgan fingerprint density at radius 2 is 2.00 bits per heavy atom. The number of carbonyl (C=O) groups is 2. The van der Waals surface area contributed by atoms with Crippen molar-refractivity contribution in [3.63, 3.8) is 0 Å². The second kappa shape index (κ2) is 6.09. The molecule has 1 aromatic rings. The molecular weight excluding hydrogens is 242 g/mol. The van der Waals surface area contributed by atoms with E-state index in [0.717, 1.165) is 0 Å². The SMILES string of the molecule is CCNC(=O)c1ccc(NC(=O)C(F)F)c(C)c1. The highest BCUT2D eigenvalue weighted by Crippen LogP contribution is 2.17. The second-order valence-electron chi connectivity index (χ2n) is 3.68. The first-order chi connectivity index (χ1) is 8.45. The van der Waals surface area contributed by atoms with Gasteiger partial charge in [0.15, 0.2) is 0 Å². The minimum Gasteiger partial charge on any atom is -0.352 e. The first-order valence-corrected chi connectivity index (χ1v) is 5.43. The molecule has 0 aliphatic carbocycles. The molecule has 0 radical (unpaired) electrons. The average molecular weight is 256 g/mol. The Labute approximate surface area is 103 Å². The van der Waals surface area contributed by atoms with Crippen molar-refractivity contribution in [3.05, 3.63) is 29.3 Å². The summed E-state index contributed by atoms with van der Waals surface area (Å²) in [5.41, 5.74) is 1.24. The summed E-state index contributed by atoms with van der Waals surface area (Å²) in [7, 11) is 0.